The third-order valence-corrected chi connectivity index (χ3v) is 4.83. The summed E-state index contributed by atoms with van der Waals surface area (Å²) in [5.74, 6) is 0.605. The van der Waals surface area contributed by atoms with Gasteiger partial charge in [-0.2, -0.15) is 0 Å². The second-order valence-electron chi connectivity index (χ2n) is 5.20. The Balaban J connectivity index is 1.46. The summed E-state index contributed by atoms with van der Waals surface area (Å²) in [5.41, 5.74) is 2.76. The highest BCUT2D eigenvalue weighted by Crippen LogP contribution is 2.44. The number of thiazole rings is 1. The zero-order valence-electron chi connectivity index (χ0n) is 9.65. The van der Waals surface area contributed by atoms with Crippen LogP contribution in [0, 0.1) is 12.8 Å². The van der Waals surface area contributed by atoms with Crippen LogP contribution in [0.2, 0.25) is 0 Å². The molecule has 0 aromatic carbocycles. The lowest BCUT2D eigenvalue weighted by molar-refractivity contribution is -0.112. The van der Waals surface area contributed by atoms with E-state index in [0.717, 1.165) is 26.1 Å². The molecule has 0 amide bonds. The maximum absolute atomic E-state index is 10.2. The van der Waals surface area contributed by atoms with Crippen LogP contribution in [0.3, 0.4) is 0 Å². The summed E-state index contributed by atoms with van der Waals surface area (Å²) in [4.78, 5) is 8.01. The molecule has 1 aliphatic carbocycles. The summed E-state index contributed by atoms with van der Waals surface area (Å²) in [5, 5.41) is 10.2. The van der Waals surface area contributed by atoms with Crippen LogP contribution in [0.25, 0.3) is 0 Å². The molecule has 88 valence electrons. The Morgan fingerprint density at radius 2 is 2.31 bits per heavy atom. The van der Waals surface area contributed by atoms with Crippen molar-refractivity contribution in [2.45, 2.75) is 31.8 Å². The fourth-order valence-electron chi connectivity index (χ4n) is 2.59. The van der Waals surface area contributed by atoms with Gasteiger partial charge in [-0.1, -0.05) is 0 Å². The van der Waals surface area contributed by atoms with Crippen LogP contribution in [-0.2, 0) is 6.42 Å². The first-order valence-corrected chi connectivity index (χ1v) is 6.89. The van der Waals surface area contributed by atoms with E-state index in [1.807, 2.05) is 5.51 Å². The van der Waals surface area contributed by atoms with Gasteiger partial charge in [-0.05, 0) is 32.1 Å². The predicted octanol–water partition coefficient (Wildman–Crippen LogP) is 1.45. The Kier molecular flexibility index (Phi) is 2.53. The molecule has 1 saturated carbocycles. The van der Waals surface area contributed by atoms with Gasteiger partial charge in [0.1, 0.15) is 0 Å². The van der Waals surface area contributed by atoms with Crippen molar-refractivity contribution in [3.05, 3.63) is 16.1 Å². The molecule has 1 aromatic heterocycles. The first kappa shape index (κ1) is 10.7. The van der Waals surface area contributed by atoms with E-state index < -0.39 is 0 Å². The molecule has 4 heteroatoms. The van der Waals surface area contributed by atoms with E-state index in [2.05, 4.69) is 16.8 Å². The molecule has 1 N–H and O–H groups in total. The number of likely N-dealkylation sites (tertiary alicyclic amines) is 1. The maximum atomic E-state index is 10.2. The number of aliphatic hydroxyl groups is 1. The largest absolute Gasteiger partial charge is 0.387 e. The van der Waals surface area contributed by atoms with E-state index in [-0.39, 0.29) is 5.60 Å². The van der Waals surface area contributed by atoms with E-state index in [9.17, 15) is 5.11 Å². The average molecular weight is 238 g/mol. The second-order valence-corrected chi connectivity index (χ2v) is 6.14. The molecule has 2 heterocycles. The molecule has 16 heavy (non-hydrogen) atoms. The SMILES string of the molecule is Cc1ncsc1CCN1CC(O)(C2CC2)C1. The van der Waals surface area contributed by atoms with Crippen LogP contribution in [0.4, 0.5) is 0 Å². The Morgan fingerprint density at radius 1 is 1.56 bits per heavy atom. The Hall–Kier alpha value is -0.450. The van der Waals surface area contributed by atoms with Crippen LogP contribution >= 0.6 is 11.3 Å². The monoisotopic (exact) mass is 238 g/mol. The van der Waals surface area contributed by atoms with Crippen LogP contribution in [0.1, 0.15) is 23.4 Å². The minimum atomic E-state index is -0.331. The van der Waals surface area contributed by atoms with Crippen molar-refractivity contribution in [3.8, 4) is 0 Å². The minimum absolute atomic E-state index is 0.331. The standard InChI is InChI=1S/C12H18N2OS/c1-9-11(16-8-13-9)4-5-14-6-12(15,7-14)10-2-3-10/h8,10,15H,2-7H2,1H3. The zero-order chi connectivity index (χ0) is 11.2. The van der Waals surface area contributed by atoms with Crippen molar-refractivity contribution < 1.29 is 5.11 Å². The fourth-order valence-corrected chi connectivity index (χ4v) is 3.36. The molecule has 1 aromatic rings. The first-order chi connectivity index (χ1) is 7.67. The van der Waals surface area contributed by atoms with Crippen molar-refractivity contribution in [1.29, 1.82) is 0 Å². The van der Waals surface area contributed by atoms with E-state index in [1.165, 1.54) is 23.4 Å². The molecule has 3 nitrogen and oxygen atoms in total. The van der Waals surface area contributed by atoms with Crippen LogP contribution in [0.5, 0.6) is 0 Å². The lowest BCUT2D eigenvalue weighted by atomic mass is 9.88. The lowest BCUT2D eigenvalue weighted by Gasteiger charge is -2.47. The summed E-state index contributed by atoms with van der Waals surface area (Å²) in [6.45, 7) is 4.91. The molecule has 0 radical (unpaired) electrons. The molecule has 1 aliphatic heterocycles. The molecular weight excluding hydrogens is 220 g/mol. The van der Waals surface area contributed by atoms with Crippen LogP contribution in [0.15, 0.2) is 5.51 Å². The van der Waals surface area contributed by atoms with Crippen molar-refractivity contribution in [3.63, 3.8) is 0 Å². The van der Waals surface area contributed by atoms with E-state index >= 15 is 0 Å². The Labute approximate surface area is 100 Å². The highest BCUT2D eigenvalue weighted by Gasteiger charge is 2.51. The molecule has 1 saturated heterocycles. The highest BCUT2D eigenvalue weighted by atomic mass is 32.1. The number of aromatic nitrogens is 1. The number of hydrogen-bond donors (Lipinski definition) is 1. The van der Waals surface area contributed by atoms with Gasteiger partial charge in [-0.15, -0.1) is 11.3 Å². The summed E-state index contributed by atoms with van der Waals surface area (Å²) in [7, 11) is 0. The van der Waals surface area contributed by atoms with Gasteiger partial charge in [0.15, 0.2) is 0 Å². The summed E-state index contributed by atoms with van der Waals surface area (Å²) < 4.78 is 0. The third-order valence-electron chi connectivity index (χ3n) is 3.83. The zero-order valence-corrected chi connectivity index (χ0v) is 10.5. The molecule has 2 fully saturated rings. The smallest absolute Gasteiger partial charge is 0.0928 e. The van der Waals surface area contributed by atoms with E-state index in [1.54, 1.807) is 11.3 Å². The number of aryl methyl sites for hydroxylation is 1. The third kappa shape index (κ3) is 1.90. The van der Waals surface area contributed by atoms with Gasteiger partial charge in [0.2, 0.25) is 0 Å². The second kappa shape index (κ2) is 3.79. The average Bonchev–Trinajstić information content (AvgIpc) is 2.97. The lowest BCUT2D eigenvalue weighted by Crippen LogP contribution is -2.63. The number of nitrogens with zero attached hydrogens (tertiary/aromatic N) is 2. The molecule has 0 atom stereocenters. The molecule has 3 rings (SSSR count). The van der Waals surface area contributed by atoms with Crippen molar-refractivity contribution in [2.24, 2.45) is 5.92 Å². The highest BCUT2D eigenvalue weighted by molar-refractivity contribution is 7.09. The van der Waals surface area contributed by atoms with Gasteiger partial charge in [0, 0.05) is 24.5 Å². The van der Waals surface area contributed by atoms with Crippen molar-refractivity contribution in [1.82, 2.24) is 9.88 Å². The van der Waals surface area contributed by atoms with Crippen LogP contribution < -0.4 is 0 Å². The van der Waals surface area contributed by atoms with Gasteiger partial charge in [0.05, 0.1) is 16.8 Å². The molecule has 2 aliphatic rings. The predicted molar refractivity (Wildman–Crippen MR) is 64.7 cm³/mol. The van der Waals surface area contributed by atoms with Gasteiger partial charge in [-0.3, -0.25) is 4.90 Å². The first-order valence-electron chi connectivity index (χ1n) is 6.01. The van der Waals surface area contributed by atoms with E-state index in [4.69, 9.17) is 0 Å². The van der Waals surface area contributed by atoms with Gasteiger partial charge >= 0.3 is 0 Å². The minimum Gasteiger partial charge on any atom is -0.387 e. The van der Waals surface area contributed by atoms with Gasteiger partial charge in [-0.25, -0.2) is 4.98 Å². The fraction of sp³-hybridized carbons (Fsp3) is 0.750. The Bertz CT molecular complexity index is 380. The molecule has 0 spiro atoms. The quantitative estimate of drug-likeness (QED) is 0.862. The van der Waals surface area contributed by atoms with Gasteiger partial charge < -0.3 is 5.11 Å². The summed E-state index contributed by atoms with van der Waals surface area (Å²) >= 11 is 1.74. The topological polar surface area (TPSA) is 36.4 Å². The maximum Gasteiger partial charge on any atom is 0.0928 e. The summed E-state index contributed by atoms with van der Waals surface area (Å²) in [6.07, 6.45) is 3.55. The number of β-amino-alcohol motifs (C(OH)–C–C–N with tert-alkyl or cyclic N) is 1. The molecular formula is C12H18N2OS. The number of hydrogen-bond acceptors (Lipinski definition) is 4. The number of rotatable bonds is 4. The molecule has 0 bridgehead atoms. The summed E-state index contributed by atoms with van der Waals surface area (Å²) in [6, 6.07) is 0. The van der Waals surface area contributed by atoms with Gasteiger partial charge in [0.25, 0.3) is 0 Å². The Morgan fingerprint density at radius 3 is 2.88 bits per heavy atom. The normalized spacial score (nSPS) is 24.4. The molecule has 0 unspecified atom stereocenters. The van der Waals surface area contributed by atoms with Crippen molar-refractivity contribution >= 4 is 11.3 Å². The van der Waals surface area contributed by atoms with Crippen molar-refractivity contribution in [2.75, 3.05) is 19.6 Å². The van der Waals surface area contributed by atoms with Crippen LogP contribution in [-0.4, -0.2) is 40.2 Å². The van der Waals surface area contributed by atoms with E-state index in [0.29, 0.717) is 5.92 Å².